The Bertz CT molecular complexity index is 968. The van der Waals surface area contributed by atoms with E-state index in [0.717, 1.165) is 23.5 Å². The molecule has 0 bridgehead atoms. The molecule has 0 fully saturated rings. The van der Waals surface area contributed by atoms with Crippen LogP contribution in [-0.2, 0) is 19.4 Å². The third kappa shape index (κ3) is 3.92. The van der Waals surface area contributed by atoms with E-state index < -0.39 is 5.91 Å². The highest BCUT2D eigenvalue weighted by atomic mass is 16.5. The van der Waals surface area contributed by atoms with Gasteiger partial charge in [0.25, 0.3) is 5.91 Å². The van der Waals surface area contributed by atoms with Crippen molar-refractivity contribution in [3.63, 3.8) is 0 Å². The van der Waals surface area contributed by atoms with Crippen LogP contribution in [0.15, 0.2) is 60.8 Å². The number of fused-ring (bicyclic) bond motifs is 1. The molecule has 3 aromatic rings. The Morgan fingerprint density at radius 3 is 2.63 bits per heavy atom. The molecule has 5 nitrogen and oxygen atoms in total. The lowest BCUT2D eigenvalue weighted by Gasteiger charge is -2.10. The van der Waals surface area contributed by atoms with Crippen LogP contribution in [0, 0.1) is 0 Å². The molecule has 2 aromatic carbocycles. The van der Waals surface area contributed by atoms with Crippen molar-refractivity contribution >= 4 is 11.7 Å². The molecule has 4 rings (SSSR count). The predicted molar refractivity (Wildman–Crippen MR) is 105 cm³/mol. The number of anilines is 1. The van der Waals surface area contributed by atoms with Gasteiger partial charge in [-0.15, -0.1) is 0 Å². The summed E-state index contributed by atoms with van der Waals surface area (Å²) in [7, 11) is 0. The lowest BCUT2D eigenvalue weighted by atomic mass is 10.1. The topological polar surface area (TPSA) is 77.2 Å². The molecule has 0 saturated heterocycles. The van der Waals surface area contributed by atoms with Crippen LogP contribution < -0.4 is 15.8 Å². The summed E-state index contributed by atoms with van der Waals surface area (Å²) < 4.78 is 5.98. The highest BCUT2D eigenvalue weighted by Crippen LogP contribution is 2.29. The van der Waals surface area contributed by atoms with Crippen molar-refractivity contribution in [1.29, 1.82) is 0 Å². The normalized spacial score (nSPS) is 12.4. The number of primary amides is 1. The number of aromatic nitrogens is 1. The number of pyridine rings is 1. The standard InChI is InChI=1S/C22H21N3O2/c23-21(26)20-5-2-12-24-22(20)25-14-15-6-9-18(10-7-15)27-19-11-8-16-3-1-4-17(16)13-19/h2,5-13H,1,3-4,14H2,(H2,23,26)(H,24,25). The van der Waals surface area contributed by atoms with Crippen LogP contribution in [-0.4, -0.2) is 10.9 Å². The largest absolute Gasteiger partial charge is 0.457 e. The van der Waals surface area contributed by atoms with Crippen molar-refractivity contribution in [3.05, 3.63) is 83.0 Å². The van der Waals surface area contributed by atoms with Crippen molar-refractivity contribution in [3.8, 4) is 11.5 Å². The average molecular weight is 359 g/mol. The first-order valence-corrected chi connectivity index (χ1v) is 9.06. The maximum absolute atomic E-state index is 11.4. The first kappa shape index (κ1) is 17.1. The van der Waals surface area contributed by atoms with E-state index in [-0.39, 0.29) is 0 Å². The number of aryl methyl sites for hydroxylation is 2. The van der Waals surface area contributed by atoms with Gasteiger partial charge in [-0.25, -0.2) is 4.98 Å². The molecule has 1 aromatic heterocycles. The molecule has 0 atom stereocenters. The second kappa shape index (κ2) is 7.50. The summed E-state index contributed by atoms with van der Waals surface area (Å²) in [6, 6.07) is 17.6. The molecule has 1 amide bonds. The van der Waals surface area contributed by atoms with Crippen LogP contribution in [0.5, 0.6) is 11.5 Å². The predicted octanol–water partition coefficient (Wildman–Crippen LogP) is 4.07. The SMILES string of the molecule is NC(=O)c1cccnc1NCc1ccc(Oc2ccc3c(c2)CCC3)cc1. The van der Waals surface area contributed by atoms with Gasteiger partial charge in [0.05, 0.1) is 5.56 Å². The second-order valence-corrected chi connectivity index (χ2v) is 6.65. The van der Waals surface area contributed by atoms with Gasteiger partial charge in [-0.2, -0.15) is 0 Å². The molecule has 0 unspecified atom stereocenters. The third-order valence-corrected chi connectivity index (χ3v) is 4.76. The number of benzene rings is 2. The Hall–Kier alpha value is -3.34. The number of rotatable bonds is 6. The minimum atomic E-state index is -0.497. The summed E-state index contributed by atoms with van der Waals surface area (Å²) in [5.41, 5.74) is 9.65. The van der Waals surface area contributed by atoms with Gasteiger partial charge in [-0.05, 0) is 72.4 Å². The summed E-state index contributed by atoms with van der Waals surface area (Å²) >= 11 is 0. The minimum absolute atomic E-state index is 0.383. The molecule has 0 aliphatic heterocycles. The molecular weight excluding hydrogens is 338 g/mol. The van der Waals surface area contributed by atoms with Crippen molar-refractivity contribution in [2.45, 2.75) is 25.8 Å². The van der Waals surface area contributed by atoms with Crippen LogP contribution in [0.3, 0.4) is 0 Å². The molecule has 0 spiro atoms. The van der Waals surface area contributed by atoms with Crippen molar-refractivity contribution in [1.82, 2.24) is 4.98 Å². The van der Waals surface area contributed by atoms with Gasteiger partial charge in [-0.3, -0.25) is 4.79 Å². The van der Waals surface area contributed by atoms with Gasteiger partial charge in [-0.1, -0.05) is 18.2 Å². The van der Waals surface area contributed by atoms with E-state index in [1.54, 1.807) is 18.3 Å². The Balaban J connectivity index is 1.40. The maximum atomic E-state index is 11.4. The van der Waals surface area contributed by atoms with Gasteiger partial charge in [0.1, 0.15) is 17.3 Å². The van der Waals surface area contributed by atoms with Gasteiger partial charge in [0.15, 0.2) is 0 Å². The minimum Gasteiger partial charge on any atom is -0.457 e. The van der Waals surface area contributed by atoms with Crippen LogP contribution >= 0.6 is 0 Å². The number of nitrogens with one attached hydrogen (secondary N) is 1. The number of nitrogens with two attached hydrogens (primary N) is 1. The molecule has 136 valence electrons. The van der Waals surface area contributed by atoms with Gasteiger partial charge >= 0.3 is 0 Å². The fraction of sp³-hybridized carbons (Fsp3) is 0.182. The molecule has 0 saturated carbocycles. The van der Waals surface area contributed by atoms with E-state index in [2.05, 4.69) is 22.4 Å². The van der Waals surface area contributed by atoms with Gasteiger partial charge in [0.2, 0.25) is 0 Å². The summed E-state index contributed by atoms with van der Waals surface area (Å²) in [6.07, 6.45) is 5.17. The van der Waals surface area contributed by atoms with Crippen LogP contribution in [0.1, 0.15) is 33.5 Å². The zero-order chi connectivity index (χ0) is 18.6. The maximum Gasteiger partial charge on any atom is 0.252 e. The van der Waals surface area contributed by atoms with E-state index in [4.69, 9.17) is 10.5 Å². The molecule has 1 aliphatic carbocycles. The Morgan fingerprint density at radius 2 is 1.81 bits per heavy atom. The monoisotopic (exact) mass is 359 g/mol. The number of amides is 1. The van der Waals surface area contributed by atoms with Crippen LogP contribution in [0.2, 0.25) is 0 Å². The number of nitrogens with zero attached hydrogens (tertiary/aromatic N) is 1. The smallest absolute Gasteiger partial charge is 0.252 e. The van der Waals surface area contributed by atoms with Crippen molar-refractivity contribution in [2.24, 2.45) is 5.73 Å². The molecule has 27 heavy (non-hydrogen) atoms. The van der Waals surface area contributed by atoms with Gasteiger partial charge in [0, 0.05) is 12.7 Å². The Labute approximate surface area is 158 Å². The number of hydrogen-bond acceptors (Lipinski definition) is 4. The molecule has 3 N–H and O–H groups in total. The zero-order valence-corrected chi connectivity index (χ0v) is 14.9. The van der Waals surface area contributed by atoms with E-state index >= 15 is 0 Å². The van der Waals surface area contributed by atoms with Crippen molar-refractivity contribution < 1.29 is 9.53 Å². The lowest BCUT2D eigenvalue weighted by Crippen LogP contribution is -2.15. The fourth-order valence-corrected chi connectivity index (χ4v) is 3.35. The Kier molecular flexibility index (Phi) is 4.75. The van der Waals surface area contributed by atoms with Crippen LogP contribution in [0.25, 0.3) is 0 Å². The number of hydrogen-bond donors (Lipinski definition) is 2. The zero-order valence-electron chi connectivity index (χ0n) is 14.9. The molecular formula is C22H21N3O2. The first-order chi connectivity index (χ1) is 13.2. The van der Waals surface area contributed by atoms with Crippen LogP contribution in [0.4, 0.5) is 5.82 Å². The Morgan fingerprint density at radius 1 is 1.04 bits per heavy atom. The number of carbonyl (C=O) groups is 1. The number of ether oxygens (including phenoxy) is 1. The first-order valence-electron chi connectivity index (χ1n) is 9.06. The number of carbonyl (C=O) groups excluding carboxylic acids is 1. The molecule has 0 radical (unpaired) electrons. The summed E-state index contributed by atoms with van der Waals surface area (Å²) in [4.78, 5) is 15.6. The summed E-state index contributed by atoms with van der Waals surface area (Å²) in [5.74, 6) is 1.67. The highest BCUT2D eigenvalue weighted by molar-refractivity contribution is 5.97. The molecule has 1 aliphatic rings. The van der Waals surface area contributed by atoms with Gasteiger partial charge < -0.3 is 15.8 Å². The fourth-order valence-electron chi connectivity index (χ4n) is 3.35. The van der Waals surface area contributed by atoms with E-state index in [0.29, 0.717) is 17.9 Å². The highest BCUT2D eigenvalue weighted by Gasteiger charge is 2.12. The molecule has 5 heteroatoms. The van der Waals surface area contributed by atoms with E-state index in [9.17, 15) is 4.79 Å². The van der Waals surface area contributed by atoms with E-state index in [1.165, 1.54) is 24.0 Å². The quantitative estimate of drug-likeness (QED) is 0.695. The van der Waals surface area contributed by atoms with E-state index in [1.807, 2.05) is 30.3 Å². The second-order valence-electron chi connectivity index (χ2n) is 6.65. The average Bonchev–Trinajstić information content (AvgIpc) is 3.15. The summed E-state index contributed by atoms with van der Waals surface area (Å²) in [6.45, 7) is 0.538. The van der Waals surface area contributed by atoms with Crippen molar-refractivity contribution in [2.75, 3.05) is 5.32 Å². The lowest BCUT2D eigenvalue weighted by molar-refractivity contribution is 0.100. The summed E-state index contributed by atoms with van der Waals surface area (Å²) in [5, 5.41) is 3.16. The molecule has 1 heterocycles. The third-order valence-electron chi connectivity index (χ3n) is 4.76.